The van der Waals surface area contributed by atoms with Crippen molar-refractivity contribution in [1.82, 2.24) is 19.4 Å². The van der Waals surface area contributed by atoms with Gasteiger partial charge in [0, 0.05) is 19.0 Å². The molecule has 1 amide bonds. The van der Waals surface area contributed by atoms with Gasteiger partial charge in [-0.3, -0.25) is 9.48 Å². The molecule has 1 atom stereocenters. The largest absolute Gasteiger partial charge is 0.350 e. The first kappa shape index (κ1) is 16.1. The smallest absolute Gasteiger partial charge is 0.224 e. The maximum Gasteiger partial charge on any atom is 0.224 e. The summed E-state index contributed by atoms with van der Waals surface area (Å²) in [6.07, 6.45) is 6.69. The maximum absolute atomic E-state index is 12.2. The summed E-state index contributed by atoms with van der Waals surface area (Å²) in [5.74, 6) is 0.350. The van der Waals surface area contributed by atoms with E-state index in [-0.39, 0.29) is 11.8 Å². The van der Waals surface area contributed by atoms with Crippen LogP contribution >= 0.6 is 0 Å². The third kappa shape index (κ3) is 2.86. The van der Waals surface area contributed by atoms with Crippen LogP contribution < -0.4 is 5.32 Å². The zero-order chi connectivity index (χ0) is 16.9. The van der Waals surface area contributed by atoms with Crippen LogP contribution in [0, 0.1) is 11.3 Å². The zero-order valence-corrected chi connectivity index (χ0v) is 14.8. The van der Waals surface area contributed by atoms with Crippen LogP contribution in [0.25, 0.3) is 0 Å². The summed E-state index contributed by atoms with van der Waals surface area (Å²) < 4.78 is 26.9. The fourth-order valence-electron chi connectivity index (χ4n) is 4.06. The number of amides is 1. The number of rotatable bonds is 4. The summed E-state index contributed by atoms with van der Waals surface area (Å²) in [7, 11) is -3.20. The minimum Gasteiger partial charge on any atom is -0.350 e. The molecule has 0 aromatic carbocycles. The van der Waals surface area contributed by atoms with E-state index in [0.29, 0.717) is 31.6 Å². The number of fused-ring (bicyclic) bond motifs is 1. The van der Waals surface area contributed by atoms with Gasteiger partial charge in [0.2, 0.25) is 15.9 Å². The van der Waals surface area contributed by atoms with Gasteiger partial charge in [-0.1, -0.05) is 6.42 Å². The van der Waals surface area contributed by atoms with E-state index in [1.165, 1.54) is 29.8 Å². The molecule has 1 N–H and O–H groups in total. The second kappa shape index (κ2) is 5.56. The third-order valence-corrected chi connectivity index (χ3v) is 7.05. The summed E-state index contributed by atoms with van der Waals surface area (Å²) in [6.45, 7) is 2.01. The Labute approximate surface area is 142 Å². The normalized spacial score (nSPS) is 25.6. The van der Waals surface area contributed by atoms with E-state index in [1.807, 2.05) is 10.7 Å². The van der Waals surface area contributed by atoms with E-state index in [9.17, 15) is 13.2 Å². The Morgan fingerprint density at radius 1 is 1.38 bits per heavy atom. The van der Waals surface area contributed by atoms with E-state index in [4.69, 9.17) is 0 Å². The van der Waals surface area contributed by atoms with Gasteiger partial charge in [-0.2, -0.15) is 9.40 Å². The van der Waals surface area contributed by atoms with Crippen LogP contribution in [0.5, 0.6) is 0 Å². The molecule has 0 radical (unpaired) electrons. The Morgan fingerprint density at radius 3 is 2.79 bits per heavy atom. The fraction of sp³-hybridized carbons (Fsp3) is 0.750. The SMILES string of the molecule is CS(=O)(=O)N1CCCn2nc(CNC(=O)[C@H]3CC34CCC4)cc2C1. The second-order valence-electron chi connectivity index (χ2n) is 7.49. The van der Waals surface area contributed by atoms with Gasteiger partial charge < -0.3 is 5.32 Å². The summed E-state index contributed by atoms with van der Waals surface area (Å²) in [4.78, 5) is 12.2. The van der Waals surface area contributed by atoms with Crippen molar-refractivity contribution in [2.75, 3.05) is 12.8 Å². The molecule has 4 rings (SSSR count). The van der Waals surface area contributed by atoms with E-state index in [1.54, 1.807) is 0 Å². The van der Waals surface area contributed by atoms with Gasteiger partial charge in [0.1, 0.15) is 0 Å². The molecule has 0 unspecified atom stereocenters. The minimum atomic E-state index is -3.20. The van der Waals surface area contributed by atoms with Gasteiger partial charge in [-0.25, -0.2) is 8.42 Å². The van der Waals surface area contributed by atoms with Crippen LogP contribution in [-0.4, -0.2) is 41.2 Å². The van der Waals surface area contributed by atoms with E-state index < -0.39 is 10.0 Å². The van der Waals surface area contributed by atoms with E-state index in [2.05, 4.69) is 10.4 Å². The molecule has 1 aliphatic heterocycles. The molecular weight excluding hydrogens is 328 g/mol. The van der Waals surface area contributed by atoms with Crippen LogP contribution in [0.15, 0.2) is 6.07 Å². The van der Waals surface area contributed by atoms with Crippen molar-refractivity contribution in [2.24, 2.45) is 11.3 Å². The first-order valence-electron chi connectivity index (χ1n) is 8.66. The summed E-state index contributed by atoms with van der Waals surface area (Å²) >= 11 is 0. The number of nitrogens with one attached hydrogen (secondary N) is 1. The first-order chi connectivity index (χ1) is 11.4. The van der Waals surface area contributed by atoms with Gasteiger partial charge in [-0.15, -0.1) is 0 Å². The highest BCUT2D eigenvalue weighted by molar-refractivity contribution is 7.88. The molecule has 2 fully saturated rings. The Kier molecular flexibility index (Phi) is 3.72. The van der Waals surface area contributed by atoms with Gasteiger partial charge in [-0.05, 0) is 37.2 Å². The topological polar surface area (TPSA) is 84.3 Å². The molecular formula is C16H24N4O3S. The molecule has 3 aliphatic rings. The van der Waals surface area contributed by atoms with Gasteiger partial charge >= 0.3 is 0 Å². The molecule has 7 nitrogen and oxygen atoms in total. The standard InChI is InChI=1S/C16H24N4O3S/c1-24(22,23)19-6-3-7-20-13(11-19)8-12(18-20)10-17-15(21)14-9-16(14)4-2-5-16/h8,14H,2-7,9-11H2,1H3,(H,17,21)/t14-/m1/s1. The molecule has 0 saturated heterocycles. The number of carbonyl (C=O) groups excluding carboxylic acids is 1. The first-order valence-corrected chi connectivity index (χ1v) is 10.5. The van der Waals surface area contributed by atoms with Crippen LogP contribution in [0.4, 0.5) is 0 Å². The average molecular weight is 352 g/mol. The Morgan fingerprint density at radius 2 is 2.17 bits per heavy atom. The van der Waals surface area contributed by atoms with E-state index >= 15 is 0 Å². The molecule has 2 heterocycles. The molecule has 8 heteroatoms. The number of aryl methyl sites for hydroxylation is 1. The lowest BCUT2D eigenvalue weighted by Crippen LogP contribution is -2.29. The number of nitrogens with zero attached hydrogens (tertiary/aromatic N) is 3. The van der Waals surface area contributed by atoms with Crippen LogP contribution in [-0.2, 0) is 34.5 Å². The quantitative estimate of drug-likeness (QED) is 0.871. The van der Waals surface area contributed by atoms with Crippen LogP contribution in [0.2, 0.25) is 0 Å². The van der Waals surface area contributed by atoms with Crippen molar-refractivity contribution < 1.29 is 13.2 Å². The van der Waals surface area contributed by atoms with Gasteiger partial charge in [0.15, 0.2) is 0 Å². The fourth-order valence-corrected chi connectivity index (χ4v) is 4.89. The molecule has 1 aromatic rings. The molecule has 1 aromatic heterocycles. The molecule has 2 saturated carbocycles. The highest BCUT2D eigenvalue weighted by Gasteiger charge is 2.60. The minimum absolute atomic E-state index is 0.149. The number of hydrogen-bond acceptors (Lipinski definition) is 4. The predicted molar refractivity (Wildman–Crippen MR) is 88.3 cm³/mol. The van der Waals surface area contributed by atoms with Crippen molar-refractivity contribution in [1.29, 1.82) is 0 Å². The van der Waals surface area contributed by atoms with Crippen LogP contribution in [0.1, 0.15) is 43.5 Å². The third-order valence-electron chi connectivity index (χ3n) is 5.80. The molecule has 2 aliphatic carbocycles. The lowest BCUT2D eigenvalue weighted by molar-refractivity contribution is -0.123. The summed E-state index contributed by atoms with van der Waals surface area (Å²) in [5, 5.41) is 7.53. The predicted octanol–water partition coefficient (Wildman–Crippen LogP) is 0.855. The molecule has 1 spiro atoms. The average Bonchev–Trinajstić information content (AvgIpc) is 3.18. The van der Waals surface area contributed by atoms with Crippen molar-refractivity contribution >= 4 is 15.9 Å². The molecule has 0 bridgehead atoms. The lowest BCUT2D eigenvalue weighted by Gasteiger charge is -2.26. The van der Waals surface area contributed by atoms with Gasteiger partial charge in [0.25, 0.3) is 0 Å². The van der Waals surface area contributed by atoms with Gasteiger partial charge in [0.05, 0.1) is 30.7 Å². The van der Waals surface area contributed by atoms with Crippen LogP contribution in [0.3, 0.4) is 0 Å². The second-order valence-corrected chi connectivity index (χ2v) is 9.47. The molecule has 132 valence electrons. The molecule has 24 heavy (non-hydrogen) atoms. The number of carbonyl (C=O) groups is 1. The van der Waals surface area contributed by atoms with Crippen molar-refractivity contribution in [3.05, 3.63) is 17.5 Å². The van der Waals surface area contributed by atoms with E-state index in [0.717, 1.165) is 24.2 Å². The Balaban J connectivity index is 1.38. The Hall–Kier alpha value is -1.41. The maximum atomic E-state index is 12.2. The number of aromatic nitrogens is 2. The lowest BCUT2D eigenvalue weighted by atomic mass is 9.80. The van der Waals surface area contributed by atoms with Crippen molar-refractivity contribution in [2.45, 2.75) is 51.7 Å². The monoisotopic (exact) mass is 352 g/mol. The summed E-state index contributed by atoms with van der Waals surface area (Å²) in [6, 6.07) is 1.91. The zero-order valence-electron chi connectivity index (χ0n) is 14.0. The Bertz CT molecular complexity index is 766. The number of sulfonamides is 1. The summed E-state index contributed by atoms with van der Waals surface area (Å²) in [5.41, 5.74) is 2.03. The van der Waals surface area contributed by atoms with Crippen molar-refractivity contribution in [3.63, 3.8) is 0 Å². The highest BCUT2D eigenvalue weighted by atomic mass is 32.2. The number of hydrogen-bond donors (Lipinski definition) is 1. The van der Waals surface area contributed by atoms with Crippen molar-refractivity contribution in [3.8, 4) is 0 Å². The highest BCUT2D eigenvalue weighted by Crippen LogP contribution is 2.65.